The number of carbonyl (C=O) groups is 2. The van der Waals surface area contributed by atoms with Gasteiger partial charge in [0, 0.05) is 31.1 Å². The number of nitrogens with zero attached hydrogens (tertiary/aromatic N) is 5. The van der Waals surface area contributed by atoms with Crippen LogP contribution in [0.4, 0.5) is 4.79 Å². The van der Waals surface area contributed by atoms with Crippen molar-refractivity contribution in [2.75, 3.05) is 7.05 Å². The Hall–Kier alpha value is -3.41. The molecule has 0 aliphatic heterocycles. The molecule has 2 heterocycles. The number of carbonyl (C=O) groups excluding carboxylic acids is 1. The van der Waals surface area contributed by atoms with E-state index in [0.29, 0.717) is 22.8 Å². The second-order valence-corrected chi connectivity index (χ2v) is 8.36. The maximum Gasteiger partial charge on any atom is 0.410 e. The number of pyridine rings is 1. The highest BCUT2D eigenvalue weighted by Crippen LogP contribution is 2.48. The zero-order chi connectivity index (χ0) is 23.5. The quantitative estimate of drug-likeness (QED) is 0.660. The third-order valence-electron chi connectivity index (χ3n) is 5.95. The molecule has 1 amide bonds. The number of carboxylic acids is 1. The summed E-state index contributed by atoms with van der Waals surface area (Å²) < 4.78 is 7.04. The van der Waals surface area contributed by atoms with E-state index in [2.05, 4.69) is 27.1 Å². The van der Waals surface area contributed by atoms with Gasteiger partial charge in [0.25, 0.3) is 0 Å². The number of carboxylic acid groups (broad SMARTS) is 1. The van der Waals surface area contributed by atoms with E-state index in [-0.39, 0.29) is 19.1 Å². The van der Waals surface area contributed by atoms with Gasteiger partial charge in [0.1, 0.15) is 18.0 Å². The number of rotatable bonds is 7. The summed E-state index contributed by atoms with van der Waals surface area (Å²) in [5.74, 6) is 5.40. The first-order valence-corrected chi connectivity index (χ1v) is 10.7. The van der Waals surface area contributed by atoms with Crippen LogP contribution in [-0.4, -0.2) is 55.1 Å². The zero-order valence-electron chi connectivity index (χ0n) is 19.2. The molecule has 9 heteroatoms. The number of hydrogen-bond acceptors (Lipinski definition) is 6. The van der Waals surface area contributed by atoms with Crippen molar-refractivity contribution >= 4 is 12.1 Å². The number of amides is 1. The van der Waals surface area contributed by atoms with Crippen molar-refractivity contribution in [3.8, 4) is 23.2 Å². The van der Waals surface area contributed by atoms with Crippen LogP contribution in [0.15, 0.2) is 12.1 Å². The summed E-state index contributed by atoms with van der Waals surface area (Å²) in [7, 11) is 3.45. The van der Waals surface area contributed by atoms with Crippen molar-refractivity contribution in [3.63, 3.8) is 0 Å². The van der Waals surface area contributed by atoms with Crippen molar-refractivity contribution in [2.24, 2.45) is 12.5 Å². The normalized spacial score (nSPS) is 14.8. The Kier molecular flexibility index (Phi) is 6.82. The number of aryl methyl sites for hydroxylation is 2. The predicted octanol–water partition coefficient (Wildman–Crippen LogP) is 3.16. The van der Waals surface area contributed by atoms with Gasteiger partial charge < -0.3 is 14.7 Å². The maximum atomic E-state index is 12.3. The highest BCUT2D eigenvalue weighted by atomic mass is 16.6. The van der Waals surface area contributed by atoms with E-state index in [1.165, 1.54) is 0 Å². The molecule has 1 unspecified atom stereocenters. The molecule has 9 nitrogen and oxygen atoms in total. The largest absolute Gasteiger partial charge is 0.481 e. The average Bonchev–Trinajstić information content (AvgIpc) is 3.41. The van der Waals surface area contributed by atoms with Crippen molar-refractivity contribution in [1.29, 1.82) is 0 Å². The lowest BCUT2D eigenvalue weighted by atomic mass is 10.0. The summed E-state index contributed by atoms with van der Waals surface area (Å²) in [6, 6.07) is 3.73. The van der Waals surface area contributed by atoms with Gasteiger partial charge in [-0.25, -0.2) is 9.48 Å². The second-order valence-electron chi connectivity index (χ2n) is 8.36. The van der Waals surface area contributed by atoms with Crippen LogP contribution in [0.25, 0.3) is 11.4 Å². The first-order chi connectivity index (χ1) is 15.2. The Morgan fingerprint density at radius 1 is 1.38 bits per heavy atom. The smallest absolute Gasteiger partial charge is 0.410 e. The predicted molar refractivity (Wildman–Crippen MR) is 117 cm³/mol. The Labute approximate surface area is 187 Å². The van der Waals surface area contributed by atoms with Crippen LogP contribution in [-0.2, 0) is 23.2 Å². The highest BCUT2D eigenvalue weighted by molar-refractivity contribution is 5.69. The monoisotopic (exact) mass is 439 g/mol. The summed E-state index contributed by atoms with van der Waals surface area (Å²) in [5, 5.41) is 17.3. The van der Waals surface area contributed by atoms with Gasteiger partial charge in [-0.1, -0.05) is 24.0 Å². The van der Waals surface area contributed by atoms with Gasteiger partial charge in [-0.3, -0.25) is 9.78 Å². The average molecular weight is 440 g/mol. The van der Waals surface area contributed by atoms with Crippen LogP contribution in [0, 0.1) is 24.2 Å². The van der Waals surface area contributed by atoms with Gasteiger partial charge in [-0.05, 0) is 45.2 Å². The Morgan fingerprint density at radius 3 is 2.69 bits per heavy atom. The summed E-state index contributed by atoms with van der Waals surface area (Å²) in [4.78, 5) is 29.5. The highest BCUT2D eigenvalue weighted by Gasteiger charge is 2.43. The van der Waals surface area contributed by atoms with Crippen molar-refractivity contribution < 1.29 is 19.4 Å². The minimum atomic E-state index is -0.826. The Bertz CT molecular complexity index is 1080. The lowest BCUT2D eigenvalue weighted by Gasteiger charge is -2.23. The minimum absolute atomic E-state index is 0.0262. The molecule has 1 fully saturated rings. The molecule has 1 aliphatic rings. The van der Waals surface area contributed by atoms with E-state index >= 15 is 0 Å². The van der Waals surface area contributed by atoms with Gasteiger partial charge >= 0.3 is 12.1 Å². The topological polar surface area (TPSA) is 110 Å². The molecule has 1 saturated carbocycles. The summed E-state index contributed by atoms with van der Waals surface area (Å²) >= 11 is 0. The fourth-order valence-corrected chi connectivity index (χ4v) is 3.23. The van der Waals surface area contributed by atoms with Crippen molar-refractivity contribution in [1.82, 2.24) is 24.9 Å². The Morgan fingerprint density at radius 2 is 2.09 bits per heavy atom. The number of hydrogen-bond donors (Lipinski definition) is 1. The molecule has 32 heavy (non-hydrogen) atoms. The molecule has 0 radical (unpaired) electrons. The molecule has 170 valence electrons. The van der Waals surface area contributed by atoms with E-state index < -0.39 is 17.5 Å². The molecule has 0 aromatic carbocycles. The van der Waals surface area contributed by atoms with E-state index in [9.17, 15) is 9.59 Å². The number of ether oxygens (including phenoxy) is 1. The molecular formula is C23H29N5O4. The van der Waals surface area contributed by atoms with Gasteiger partial charge in [0.15, 0.2) is 0 Å². The molecule has 0 bridgehead atoms. The molecular weight excluding hydrogens is 410 g/mol. The fraction of sp³-hybridized carbons (Fsp3) is 0.522. The lowest BCUT2D eigenvalue weighted by Crippen LogP contribution is -2.35. The van der Waals surface area contributed by atoms with Crippen molar-refractivity contribution in [2.45, 2.75) is 59.1 Å². The third kappa shape index (κ3) is 5.25. The molecule has 0 saturated heterocycles. The number of aliphatic carboxylic acids is 1. The minimum Gasteiger partial charge on any atom is -0.481 e. The van der Waals surface area contributed by atoms with Crippen LogP contribution in [0.5, 0.6) is 0 Å². The number of aromatic nitrogens is 4. The lowest BCUT2D eigenvalue weighted by molar-refractivity contribution is -0.137. The van der Waals surface area contributed by atoms with E-state index in [0.717, 1.165) is 24.8 Å². The first kappa shape index (κ1) is 23.3. The van der Waals surface area contributed by atoms with Gasteiger partial charge in [0.2, 0.25) is 0 Å². The standard InChI is InChI=1S/C23H29N5O4/c1-6-15(2)27(4)22(31)32-14-19-21(25-26-28(19)5)18-8-7-17(16(3)24-18)9-10-23(11-12-23)13-20(29)30/h7-8,15H,6,11-14H2,1-5H3,(H,29,30). The van der Waals surface area contributed by atoms with Crippen molar-refractivity contribution in [3.05, 3.63) is 29.1 Å². The second kappa shape index (κ2) is 9.39. The van der Waals surface area contributed by atoms with Crippen LogP contribution < -0.4 is 0 Å². The third-order valence-corrected chi connectivity index (χ3v) is 5.95. The van der Waals surface area contributed by atoms with Crippen LogP contribution in [0.3, 0.4) is 0 Å². The summed E-state index contributed by atoms with van der Waals surface area (Å²) in [6.45, 7) is 5.85. The fourth-order valence-electron chi connectivity index (χ4n) is 3.23. The SMILES string of the molecule is CCC(C)N(C)C(=O)OCc1c(-c2ccc(C#CC3(CC(=O)O)CC3)c(C)n2)nnn1C. The molecule has 1 N–H and O–H groups in total. The molecule has 3 rings (SSSR count). The van der Waals surface area contributed by atoms with Gasteiger partial charge in [-0.2, -0.15) is 0 Å². The van der Waals surface area contributed by atoms with E-state index in [1.807, 2.05) is 26.8 Å². The van der Waals surface area contributed by atoms with Gasteiger partial charge in [-0.15, -0.1) is 5.10 Å². The Balaban J connectivity index is 1.76. The molecule has 2 aromatic heterocycles. The zero-order valence-corrected chi connectivity index (χ0v) is 19.2. The summed E-state index contributed by atoms with van der Waals surface area (Å²) in [6.07, 6.45) is 2.12. The van der Waals surface area contributed by atoms with Crippen LogP contribution in [0.2, 0.25) is 0 Å². The summed E-state index contributed by atoms with van der Waals surface area (Å²) in [5.41, 5.74) is 2.85. The van der Waals surface area contributed by atoms with Crippen LogP contribution in [0.1, 0.15) is 56.5 Å². The molecule has 2 aromatic rings. The first-order valence-electron chi connectivity index (χ1n) is 10.7. The molecule has 1 aliphatic carbocycles. The maximum absolute atomic E-state index is 12.3. The van der Waals surface area contributed by atoms with Gasteiger partial charge in [0.05, 0.1) is 17.8 Å². The van der Waals surface area contributed by atoms with Crippen LogP contribution >= 0.6 is 0 Å². The van der Waals surface area contributed by atoms with E-state index in [1.54, 1.807) is 29.7 Å². The molecule has 0 spiro atoms. The van der Waals surface area contributed by atoms with E-state index in [4.69, 9.17) is 9.84 Å². The molecule has 1 atom stereocenters.